The standard InChI is InChI=1S/C61H55N/c1-41-22-24-43(25-23-41)44-26-29-49(30-27-44)62(50-16-4-3-14-45(37-50)47-28-31-53-52-18-5-7-20-55(52)60(57(53)39-47)32-9-10-33-60)51-17-13-15-46(38-51)48-36-42(2)59-54-19-6-8-21-56(54)61(58(59)40-48)34-11-12-35-61/h3-4,6-8,13-15,17,19-22,24-31,36-42,59H,9-12,16,23,32-35H2,1-2H3/t41?,42-,59?/m1/s1. The summed E-state index contributed by atoms with van der Waals surface area (Å²) in [7, 11) is 0. The van der Waals surface area contributed by atoms with Crippen LogP contribution in [0.2, 0.25) is 0 Å². The summed E-state index contributed by atoms with van der Waals surface area (Å²) in [6, 6.07) is 46.6. The highest BCUT2D eigenvalue weighted by atomic mass is 15.1. The van der Waals surface area contributed by atoms with E-state index < -0.39 is 0 Å². The van der Waals surface area contributed by atoms with Gasteiger partial charge in [0.2, 0.25) is 0 Å². The fourth-order valence-corrected chi connectivity index (χ4v) is 13.0. The Balaban J connectivity index is 0.953. The molecule has 12 rings (SSSR count). The first-order chi connectivity index (χ1) is 30.5. The SMILES string of the molecule is CC1C=CC(c2ccc(N(C3=CC(c4ccc5c(c4)C4(CCCC4)c4ccc#cc4-5)=CC=CC3)c3cccc(C4=C[C@@H](C)C5C(=C4)C4(CCCC4)c4ccccc45)c3)cc2)=CC1. The van der Waals surface area contributed by atoms with Crippen molar-refractivity contribution in [3.05, 3.63) is 220 Å². The lowest BCUT2D eigenvalue weighted by Crippen LogP contribution is -2.24. The Kier molecular flexibility index (Phi) is 8.97. The summed E-state index contributed by atoms with van der Waals surface area (Å²) >= 11 is 0. The van der Waals surface area contributed by atoms with Crippen molar-refractivity contribution in [1.82, 2.24) is 0 Å². The molecule has 7 aliphatic carbocycles. The number of allylic oxidation sites excluding steroid dienone is 13. The van der Waals surface area contributed by atoms with E-state index in [4.69, 9.17) is 0 Å². The van der Waals surface area contributed by atoms with Crippen molar-refractivity contribution < 1.29 is 0 Å². The third-order valence-corrected chi connectivity index (χ3v) is 15.9. The summed E-state index contributed by atoms with van der Waals surface area (Å²) in [4.78, 5) is 2.53. The van der Waals surface area contributed by atoms with Gasteiger partial charge in [-0.2, -0.15) is 0 Å². The van der Waals surface area contributed by atoms with Gasteiger partial charge < -0.3 is 4.90 Å². The number of hydrogen-bond acceptors (Lipinski definition) is 1. The van der Waals surface area contributed by atoms with Crippen LogP contribution in [0.4, 0.5) is 11.4 Å². The first-order valence-electron chi connectivity index (χ1n) is 23.6. The Labute approximate surface area is 369 Å². The Morgan fingerprint density at radius 3 is 2.27 bits per heavy atom. The van der Waals surface area contributed by atoms with Crippen LogP contribution < -0.4 is 4.90 Å². The van der Waals surface area contributed by atoms with Gasteiger partial charge in [0.15, 0.2) is 0 Å². The zero-order chi connectivity index (χ0) is 41.4. The molecule has 0 bridgehead atoms. The van der Waals surface area contributed by atoms with Crippen LogP contribution in [-0.4, -0.2) is 0 Å². The molecule has 0 radical (unpaired) electrons. The summed E-state index contributed by atoms with van der Waals surface area (Å²) in [5.41, 5.74) is 22.1. The van der Waals surface area contributed by atoms with Crippen molar-refractivity contribution in [1.29, 1.82) is 0 Å². The molecule has 2 fully saturated rings. The van der Waals surface area contributed by atoms with Gasteiger partial charge in [0.25, 0.3) is 0 Å². The molecule has 2 unspecified atom stereocenters. The summed E-state index contributed by atoms with van der Waals surface area (Å²) < 4.78 is 0. The van der Waals surface area contributed by atoms with Crippen LogP contribution >= 0.6 is 0 Å². The lowest BCUT2D eigenvalue weighted by Gasteiger charge is -2.33. The molecule has 304 valence electrons. The lowest BCUT2D eigenvalue weighted by molar-refractivity contribution is 0.494. The van der Waals surface area contributed by atoms with E-state index in [0.717, 1.165) is 12.8 Å². The van der Waals surface area contributed by atoms with E-state index in [1.807, 2.05) is 0 Å². The van der Waals surface area contributed by atoms with E-state index >= 15 is 0 Å². The maximum atomic E-state index is 3.52. The van der Waals surface area contributed by atoms with Crippen LogP contribution in [0.1, 0.15) is 123 Å². The van der Waals surface area contributed by atoms with Crippen LogP contribution in [0.15, 0.2) is 169 Å². The van der Waals surface area contributed by atoms with Crippen molar-refractivity contribution in [2.24, 2.45) is 11.8 Å². The second kappa shape index (κ2) is 14.8. The van der Waals surface area contributed by atoms with Crippen molar-refractivity contribution in [2.45, 2.75) is 94.8 Å². The molecule has 7 aliphatic rings. The van der Waals surface area contributed by atoms with E-state index in [2.05, 4.69) is 189 Å². The van der Waals surface area contributed by atoms with Crippen LogP contribution in [0.25, 0.3) is 27.8 Å². The smallest absolute Gasteiger partial charge is 0.0464 e. The molecular weight excluding hydrogens is 747 g/mol. The van der Waals surface area contributed by atoms with Gasteiger partial charge in [-0.25, -0.2) is 0 Å². The molecule has 62 heavy (non-hydrogen) atoms. The van der Waals surface area contributed by atoms with E-state index in [9.17, 15) is 0 Å². The normalized spacial score (nSPS) is 23.3. The van der Waals surface area contributed by atoms with E-state index in [1.165, 1.54) is 124 Å². The Morgan fingerprint density at radius 2 is 1.45 bits per heavy atom. The number of anilines is 2. The highest BCUT2D eigenvalue weighted by Gasteiger charge is 2.51. The molecule has 5 aromatic rings. The molecule has 0 aromatic heterocycles. The number of nitrogens with zero attached hydrogens (tertiary/aromatic N) is 1. The molecular formula is C61H55N. The third-order valence-electron chi connectivity index (χ3n) is 15.9. The minimum atomic E-state index is 0.0918. The fraction of sp³-hybridized carbons (Fsp3) is 0.279. The molecule has 5 aromatic carbocycles. The molecule has 2 spiro atoms. The Hall–Kier alpha value is -6.10. The van der Waals surface area contributed by atoms with Crippen LogP contribution in [-0.2, 0) is 10.8 Å². The highest BCUT2D eigenvalue weighted by Crippen LogP contribution is 2.62. The zero-order valence-corrected chi connectivity index (χ0v) is 36.3. The number of benzene rings is 4. The Morgan fingerprint density at radius 1 is 0.661 bits per heavy atom. The molecule has 0 amide bonds. The first-order valence-corrected chi connectivity index (χ1v) is 23.6. The summed E-state index contributed by atoms with van der Waals surface area (Å²) in [6.07, 6.45) is 33.7. The zero-order valence-electron chi connectivity index (χ0n) is 36.3. The molecule has 0 aliphatic heterocycles. The number of rotatable bonds is 6. The maximum Gasteiger partial charge on any atom is 0.0464 e. The van der Waals surface area contributed by atoms with Crippen molar-refractivity contribution in [3.63, 3.8) is 0 Å². The largest absolute Gasteiger partial charge is 0.314 e. The van der Waals surface area contributed by atoms with Gasteiger partial charge in [0.1, 0.15) is 0 Å². The van der Waals surface area contributed by atoms with Crippen molar-refractivity contribution in [3.8, 4) is 11.1 Å². The average molecular weight is 802 g/mol. The van der Waals surface area contributed by atoms with Crippen LogP contribution in [0, 0.1) is 24.0 Å². The van der Waals surface area contributed by atoms with Crippen LogP contribution in [0.5, 0.6) is 0 Å². The van der Waals surface area contributed by atoms with Crippen molar-refractivity contribution in [2.75, 3.05) is 4.90 Å². The molecule has 1 nitrogen and oxygen atoms in total. The molecule has 0 heterocycles. The minimum Gasteiger partial charge on any atom is -0.314 e. The van der Waals surface area contributed by atoms with Crippen molar-refractivity contribution >= 4 is 28.1 Å². The molecule has 3 atom stereocenters. The highest BCUT2D eigenvalue weighted by molar-refractivity contribution is 5.87. The molecule has 0 saturated heterocycles. The topological polar surface area (TPSA) is 3.24 Å². The summed E-state index contributed by atoms with van der Waals surface area (Å²) in [5.74, 6) is 1.51. The minimum absolute atomic E-state index is 0.0918. The first kappa shape index (κ1) is 37.6. The van der Waals surface area contributed by atoms with E-state index in [-0.39, 0.29) is 10.8 Å². The van der Waals surface area contributed by atoms with Gasteiger partial charge >= 0.3 is 0 Å². The summed E-state index contributed by atoms with van der Waals surface area (Å²) in [6.45, 7) is 4.75. The molecule has 0 N–H and O–H groups in total. The maximum absolute atomic E-state index is 3.52. The third kappa shape index (κ3) is 5.90. The second-order valence-corrected chi connectivity index (χ2v) is 19.4. The fourth-order valence-electron chi connectivity index (χ4n) is 13.0. The lowest BCUT2D eigenvalue weighted by atomic mass is 9.70. The number of fused-ring (bicyclic) bond motifs is 10. The van der Waals surface area contributed by atoms with E-state index in [1.54, 1.807) is 16.7 Å². The van der Waals surface area contributed by atoms with E-state index in [0.29, 0.717) is 17.8 Å². The monoisotopic (exact) mass is 801 g/mol. The Bertz CT molecular complexity index is 2830. The predicted octanol–water partition coefficient (Wildman–Crippen LogP) is 15.7. The molecule has 2 saturated carbocycles. The van der Waals surface area contributed by atoms with Gasteiger partial charge in [0, 0.05) is 45.8 Å². The average Bonchev–Trinajstić information content (AvgIpc) is 4.09. The second-order valence-electron chi connectivity index (χ2n) is 19.4. The number of hydrogen-bond donors (Lipinski definition) is 0. The van der Waals surface area contributed by atoms with Gasteiger partial charge in [-0.1, -0.05) is 167 Å². The van der Waals surface area contributed by atoms with Gasteiger partial charge in [-0.05, 0) is 154 Å². The van der Waals surface area contributed by atoms with Gasteiger partial charge in [-0.15, -0.1) is 0 Å². The molecule has 1 heteroatoms. The van der Waals surface area contributed by atoms with Gasteiger partial charge in [-0.3, -0.25) is 0 Å². The predicted molar refractivity (Wildman–Crippen MR) is 259 cm³/mol. The quantitative estimate of drug-likeness (QED) is 0.165. The summed E-state index contributed by atoms with van der Waals surface area (Å²) in [5, 5.41) is 0. The van der Waals surface area contributed by atoms with Gasteiger partial charge in [0.05, 0.1) is 0 Å². The van der Waals surface area contributed by atoms with Crippen LogP contribution in [0.3, 0.4) is 0 Å².